The van der Waals surface area contributed by atoms with Gasteiger partial charge in [-0.3, -0.25) is 0 Å². The quantitative estimate of drug-likeness (QED) is 0.519. The molecule has 4 rings (SSSR count). The van der Waals surface area contributed by atoms with Crippen molar-refractivity contribution in [2.45, 2.75) is 50.2 Å². The molecule has 1 heterocycles. The molecule has 0 amide bonds. The molecule has 1 aliphatic carbocycles. The zero-order valence-corrected chi connectivity index (χ0v) is 18.6. The summed E-state index contributed by atoms with van der Waals surface area (Å²) in [4.78, 5) is 0. The van der Waals surface area contributed by atoms with Gasteiger partial charge < -0.3 is 15.2 Å². The molecule has 0 radical (unpaired) electrons. The first-order valence-electron chi connectivity index (χ1n) is 11.3. The second kappa shape index (κ2) is 9.51. The van der Waals surface area contributed by atoms with Gasteiger partial charge in [-0.25, -0.2) is 0 Å². The minimum Gasteiger partial charge on any atom is -0.393 e. The number of aliphatic hydroxyl groups is 1. The van der Waals surface area contributed by atoms with E-state index < -0.39 is 42.3 Å². The number of rotatable bonds is 5. The Kier molecular flexibility index (Phi) is 6.99. The van der Waals surface area contributed by atoms with Crippen LogP contribution in [0.5, 0.6) is 0 Å². The molecule has 2 aromatic carbocycles. The summed E-state index contributed by atoms with van der Waals surface area (Å²) in [5, 5.41) is 13.4. The van der Waals surface area contributed by atoms with E-state index >= 15 is 0 Å². The van der Waals surface area contributed by atoms with E-state index in [0.29, 0.717) is 24.5 Å². The number of fused-ring (bicyclic) bond motifs is 1. The number of aryl methyl sites for hydroxylation is 1. The van der Waals surface area contributed by atoms with Crippen molar-refractivity contribution in [3.8, 4) is 0 Å². The largest absolute Gasteiger partial charge is 0.416 e. The topological polar surface area (TPSA) is 41.5 Å². The third kappa shape index (κ3) is 5.11. The number of hydrogen-bond donors (Lipinski definition) is 2. The number of benzene rings is 2. The highest BCUT2D eigenvalue weighted by molar-refractivity contribution is 5.36. The number of ether oxygens (including phenoxy) is 1. The van der Waals surface area contributed by atoms with Crippen molar-refractivity contribution in [3.63, 3.8) is 0 Å². The molecule has 186 valence electrons. The van der Waals surface area contributed by atoms with Crippen molar-refractivity contribution in [2.24, 2.45) is 11.8 Å². The Hall–Kier alpha value is -2.10. The van der Waals surface area contributed by atoms with Crippen LogP contribution in [0.1, 0.15) is 52.7 Å². The maximum Gasteiger partial charge on any atom is 0.416 e. The first-order valence-corrected chi connectivity index (χ1v) is 11.3. The SMILES string of the molecule is Cc1ccccc1[C@H]1[C@H]2CNC[C@H]2CC[C@@H]1O[C@H](CO)c1cc(C(F)(F)F)cc(C(F)(F)F)c1. The van der Waals surface area contributed by atoms with Gasteiger partial charge in [-0.05, 0) is 79.6 Å². The normalized spacial score (nSPS) is 26.4. The van der Waals surface area contributed by atoms with E-state index in [9.17, 15) is 31.4 Å². The first-order chi connectivity index (χ1) is 16.0. The Labute approximate surface area is 194 Å². The number of hydrogen-bond acceptors (Lipinski definition) is 3. The van der Waals surface area contributed by atoms with Crippen molar-refractivity contribution in [3.05, 3.63) is 70.3 Å². The van der Waals surface area contributed by atoms with Crippen LogP contribution in [0.2, 0.25) is 0 Å². The van der Waals surface area contributed by atoms with Crippen LogP contribution in [0.15, 0.2) is 42.5 Å². The molecule has 0 aromatic heterocycles. The highest BCUT2D eigenvalue weighted by atomic mass is 19.4. The van der Waals surface area contributed by atoms with Crippen molar-refractivity contribution in [2.75, 3.05) is 19.7 Å². The third-order valence-electron chi connectivity index (χ3n) is 7.11. The van der Waals surface area contributed by atoms with Gasteiger partial charge in [0.15, 0.2) is 0 Å². The molecule has 2 aliphatic rings. The summed E-state index contributed by atoms with van der Waals surface area (Å²) in [6.45, 7) is 2.87. The molecule has 9 heteroatoms. The standard InChI is InChI=1S/C25H27F6NO2/c1-14-4-2-3-5-19(14)23-20-12-32-11-15(20)6-7-21(23)34-22(13-33)16-8-17(24(26,27)28)10-18(9-16)25(29,30)31/h2-5,8-10,15,20-23,32-33H,6-7,11-13H2,1H3/t15-,20+,21+,22-,23+/m1/s1. The van der Waals surface area contributed by atoms with Crippen LogP contribution in [0.25, 0.3) is 0 Å². The summed E-state index contributed by atoms with van der Waals surface area (Å²) in [6.07, 6.45) is -10.3. The van der Waals surface area contributed by atoms with E-state index in [0.717, 1.165) is 30.6 Å². The maximum absolute atomic E-state index is 13.4. The zero-order valence-electron chi connectivity index (χ0n) is 18.6. The molecular formula is C25H27F6NO2. The van der Waals surface area contributed by atoms with E-state index in [2.05, 4.69) is 5.32 Å². The van der Waals surface area contributed by atoms with Crippen LogP contribution < -0.4 is 5.32 Å². The lowest BCUT2D eigenvalue weighted by atomic mass is 9.68. The Morgan fingerprint density at radius 3 is 2.21 bits per heavy atom. The Balaban J connectivity index is 1.70. The van der Waals surface area contributed by atoms with Crippen LogP contribution >= 0.6 is 0 Å². The molecule has 0 unspecified atom stereocenters. The van der Waals surface area contributed by atoms with Gasteiger partial charge >= 0.3 is 12.4 Å². The van der Waals surface area contributed by atoms with Gasteiger partial charge in [-0.15, -0.1) is 0 Å². The van der Waals surface area contributed by atoms with E-state index in [1.165, 1.54) is 0 Å². The maximum atomic E-state index is 13.4. The van der Waals surface area contributed by atoms with Crippen molar-refractivity contribution in [1.29, 1.82) is 0 Å². The van der Waals surface area contributed by atoms with Crippen molar-refractivity contribution >= 4 is 0 Å². The summed E-state index contributed by atoms with van der Waals surface area (Å²) < 4.78 is 86.3. The van der Waals surface area contributed by atoms with Gasteiger partial charge in [0.1, 0.15) is 6.10 Å². The third-order valence-corrected chi connectivity index (χ3v) is 7.11. The second-order valence-electron chi connectivity index (χ2n) is 9.23. The van der Waals surface area contributed by atoms with E-state index in [-0.39, 0.29) is 23.5 Å². The zero-order chi connectivity index (χ0) is 24.7. The summed E-state index contributed by atoms with van der Waals surface area (Å²) >= 11 is 0. The van der Waals surface area contributed by atoms with Crippen molar-refractivity contribution < 1.29 is 36.2 Å². The average Bonchev–Trinajstić information content (AvgIpc) is 3.25. The number of alkyl halides is 6. The molecule has 2 fully saturated rings. The van der Waals surface area contributed by atoms with Crippen LogP contribution in [0, 0.1) is 18.8 Å². The molecule has 1 saturated heterocycles. The molecule has 1 aliphatic heterocycles. The van der Waals surface area contributed by atoms with Gasteiger partial charge in [0.05, 0.1) is 23.8 Å². The molecule has 1 saturated carbocycles. The first kappa shape index (κ1) is 25.0. The summed E-state index contributed by atoms with van der Waals surface area (Å²) in [5.74, 6) is 0.561. The second-order valence-corrected chi connectivity index (χ2v) is 9.23. The minimum atomic E-state index is -4.97. The number of halogens is 6. The summed E-state index contributed by atoms with van der Waals surface area (Å²) in [7, 11) is 0. The highest BCUT2D eigenvalue weighted by Crippen LogP contribution is 2.47. The monoisotopic (exact) mass is 487 g/mol. The highest BCUT2D eigenvalue weighted by Gasteiger charge is 2.45. The fraction of sp³-hybridized carbons (Fsp3) is 0.520. The fourth-order valence-electron chi connectivity index (χ4n) is 5.47. The molecule has 0 spiro atoms. The molecular weight excluding hydrogens is 460 g/mol. The molecule has 3 nitrogen and oxygen atoms in total. The number of aliphatic hydroxyl groups excluding tert-OH is 1. The Bertz CT molecular complexity index is 973. The summed E-state index contributed by atoms with van der Waals surface area (Å²) in [6, 6.07) is 9.17. The lowest BCUT2D eigenvalue weighted by Crippen LogP contribution is -2.39. The predicted molar refractivity (Wildman–Crippen MR) is 114 cm³/mol. The van der Waals surface area contributed by atoms with Crippen LogP contribution in [0.3, 0.4) is 0 Å². The Morgan fingerprint density at radius 1 is 0.971 bits per heavy atom. The Morgan fingerprint density at radius 2 is 1.62 bits per heavy atom. The fourth-order valence-corrected chi connectivity index (χ4v) is 5.47. The lowest BCUT2D eigenvalue weighted by molar-refractivity contribution is -0.143. The van der Waals surface area contributed by atoms with E-state index in [1.54, 1.807) is 0 Å². The van der Waals surface area contributed by atoms with Crippen LogP contribution in [-0.2, 0) is 17.1 Å². The van der Waals surface area contributed by atoms with Gasteiger partial charge in [-0.2, -0.15) is 26.3 Å². The molecule has 2 N–H and O–H groups in total. The van der Waals surface area contributed by atoms with Crippen LogP contribution in [0.4, 0.5) is 26.3 Å². The number of nitrogens with one attached hydrogen (secondary N) is 1. The summed E-state index contributed by atoms with van der Waals surface area (Å²) in [5.41, 5.74) is -1.06. The molecule has 0 bridgehead atoms. The minimum absolute atomic E-state index is 0.0862. The van der Waals surface area contributed by atoms with Gasteiger partial charge in [0.25, 0.3) is 0 Å². The van der Waals surface area contributed by atoms with E-state index in [1.807, 2.05) is 31.2 Å². The smallest absolute Gasteiger partial charge is 0.393 e. The van der Waals surface area contributed by atoms with Gasteiger partial charge in [-0.1, -0.05) is 24.3 Å². The molecule has 5 atom stereocenters. The average molecular weight is 487 g/mol. The van der Waals surface area contributed by atoms with Gasteiger partial charge in [0, 0.05) is 5.92 Å². The van der Waals surface area contributed by atoms with Crippen LogP contribution in [-0.4, -0.2) is 30.9 Å². The van der Waals surface area contributed by atoms with E-state index in [4.69, 9.17) is 4.74 Å². The van der Waals surface area contributed by atoms with Crippen molar-refractivity contribution in [1.82, 2.24) is 5.32 Å². The predicted octanol–water partition coefficient (Wildman–Crippen LogP) is 5.86. The van der Waals surface area contributed by atoms with Gasteiger partial charge in [0.2, 0.25) is 0 Å². The molecule has 34 heavy (non-hydrogen) atoms. The lowest BCUT2D eigenvalue weighted by Gasteiger charge is -2.42. The molecule has 2 aromatic rings.